The monoisotopic (exact) mass is 338 g/mol. The smallest absolute Gasteiger partial charge is 0.155 e. The van der Waals surface area contributed by atoms with Crippen molar-refractivity contribution in [2.24, 2.45) is 22.7 Å². The van der Waals surface area contributed by atoms with E-state index < -0.39 is 5.60 Å². The Morgan fingerprint density at radius 3 is 2.80 bits per heavy atom. The molecule has 25 heavy (non-hydrogen) atoms. The summed E-state index contributed by atoms with van der Waals surface area (Å²) in [6.07, 6.45) is 11.7. The third-order valence-electron chi connectivity index (χ3n) is 8.15. The van der Waals surface area contributed by atoms with Crippen LogP contribution in [-0.2, 0) is 4.79 Å². The standard InChI is InChI=1S/C23H30O2/c1-4-11-22-13-8-17(24)15-16(22)6-7-18-19-10-14-23(25,5-2)21(19,3)12-9-20(18)22/h9,15,18-19,25H,5-8,10,12-14H2,1-3H3/t18-,19-,21-,22-,23-/m0/s1. The van der Waals surface area contributed by atoms with Gasteiger partial charge in [0.15, 0.2) is 5.78 Å². The van der Waals surface area contributed by atoms with E-state index in [9.17, 15) is 9.90 Å². The van der Waals surface area contributed by atoms with Gasteiger partial charge in [0.25, 0.3) is 0 Å². The number of carbonyl (C=O) groups excluding carboxylic acids is 1. The Labute approximate surface area is 151 Å². The highest BCUT2D eigenvalue weighted by molar-refractivity contribution is 5.92. The Morgan fingerprint density at radius 2 is 2.08 bits per heavy atom. The highest BCUT2D eigenvalue weighted by Gasteiger charge is 2.61. The summed E-state index contributed by atoms with van der Waals surface area (Å²) < 4.78 is 0. The molecule has 2 saturated carbocycles. The van der Waals surface area contributed by atoms with Gasteiger partial charge in [0.05, 0.1) is 11.0 Å². The molecule has 0 saturated heterocycles. The van der Waals surface area contributed by atoms with Gasteiger partial charge in [-0.25, -0.2) is 0 Å². The summed E-state index contributed by atoms with van der Waals surface area (Å²) in [5, 5.41) is 11.3. The maximum atomic E-state index is 12.0. The summed E-state index contributed by atoms with van der Waals surface area (Å²) in [6.45, 7) is 6.37. The van der Waals surface area contributed by atoms with Crippen LogP contribution in [0.2, 0.25) is 0 Å². The molecule has 0 aromatic carbocycles. The third-order valence-corrected chi connectivity index (χ3v) is 8.15. The molecule has 2 heteroatoms. The molecule has 0 aromatic heterocycles. The van der Waals surface area contributed by atoms with Crippen LogP contribution < -0.4 is 0 Å². The lowest BCUT2D eigenvalue weighted by Crippen LogP contribution is -2.50. The molecule has 0 bridgehead atoms. The first-order chi connectivity index (χ1) is 11.9. The lowest BCUT2D eigenvalue weighted by Gasteiger charge is -2.54. The normalized spacial score (nSPS) is 45.4. The largest absolute Gasteiger partial charge is 0.389 e. The van der Waals surface area contributed by atoms with E-state index >= 15 is 0 Å². The van der Waals surface area contributed by atoms with Gasteiger partial charge in [0.1, 0.15) is 0 Å². The van der Waals surface area contributed by atoms with Crippen LogP contribution in [-0.4, -0.2) is 16.5 Å². The lowest BCUT2D eigenvalue weighted by molar-refractivity contribution is -0.115. The molecule has 0 aromatic rings. The minimum absolute atomic E-state index is 0.0115. The fourth-order valence-corrected chi connectivity index (χ4v) is 6.66. The van der Waals surface area contributed by atoms with Crippen LogP contribution in [0, 0.1) is 34.5 Å². The van der Waals surface area contributed by atoms with Gasteiger partial charge < -0.3 is 5.11 Å². The molecule has 0 unspecified atom stereocenters. The maximum Gasteiger partial charge on any atom is 0.155 e. The minimum atomic E-state index is -0.526. The average molecular weight is 338 g/mol. The number of fused-ring (bicyclic) bond motifs is 5. The van der Waals surface area contributed by atoms with E-state index in [1.54, 1.807) is 0 Å². The zero-order valence-corrected chi connectivity index (χ0v) is 15.8. The molecule has 4 rings (SSSR count). The number of aliphatic hydroxyl groups is 1. The van der Waals surface area contributed by atoms with Crippen molar-refractivity contribution >= 4 is 5.78 Å². The summed E-state index contributed by atoms with van der Waals surface area (Å²) in [7, 11) is 0. The van der Waals surface area contributed by atoms with Crippen LogP contribution in [0.3, 0.4) is 0 Å². The molecule has 0 radical (unpaired) electrons. The SMILES string of the molecule is CC#C[C@]12CCC(=O)C=C1CC[C@@H]1C2=CC[C@@]2(C)[C@H]1CC[C@@]2(O)CC. The topological polar surface area (TPSA) is 37.3 Å². The van der Waals surface area contributed by atoms with Gasteiger partial charge in [-0.2, -0.15) is 0 Å². The third kappa shape index (κ3) is 2.12. The van der Waals surface area contributed by atoms with Crippen molar-refractivity contribution < 1.29 is 9.90 Å². The predicted octanol–water partition coefficient (Wildman–Crippen LogP) is 4.58. The molecule has 0 heterocycles. The zero-order chi connectivity index (χ0) is 17.9. The van der Waals surface area contributed by atoms with Gasteiger partial charge in [0, 0.05) is 11.8 Å². The second kappa shape index (κ2) is 5.58. The van der Waals surface area contributed by atoms with E-state index in [2.05, 4.69) is 31.8 Å². The van der Waals surface area contributed by atoms with Crippen molar-refractivity contribution in [3.05, 3.63) is 23.3 Å². The van der Waals surface area contributed by atoms with Crippen LogP contribution in [0.1, 0.15) is 72.1 Å². The highest BCUT2D eigenvalue weighted by Crippen LogP contribution is 2.65. The summed E-state index contributed by atoms with van der Waals surface area (Å²) in [6, 6.07) is 0. The molecule has 0 amide bonds. The number of hydrogen-bond acceptors (Lipinski definition) is 2. The maximum absolute atomic E-state index is 12.0. The van der Waals surface area contributed by atoms with Crippen molar-refractivity contribution in [1.82, 2.24) is 0 Å². The Kier molecular flexibility index (Phi) is 3.82. The Morgan fingerprint density at radius 1 is 1.28 bits per heavy atom. The first-order valence-corrected chi connectivity index (χ1v) is 10.0. The molecule has 4 aliphatic carbocycles. The van der Waals surface area contributed by atoms with Gasteiger partial charge in [-0.1, -0.05) is 25.8 Å². The molecule has 4 aliphatic rings. The second-order valence-electron chi connectivity index (χ2n) is 8.87. The average Bonchev–Trinajstić information content (AvgIpc) is 2.87. The highest BCUT2D eigenvalue weighted by atomic mass is 16.3. The molecule has 0 aliphatic heterocycles. The van der Waals surface area contributed by atoms with Crippen LogP contribution in [0.25, 0.3) is 0 Å². The van der Waals surface area contributed by atoms with Gasteiger partial charge >= 0.3 is 0 Å². The van der Waals surface area contributed by atoms with E-state index in [1.165, 1.54) is 11.1 Å². The number of allylic oxidation sites excluding steroid dienone is 4. The quantitative estimate of drug-likeness (QED) is 0.561. The zero-order valence-electron chi connectivity index (χ0n) is 15.8. The Bertz CT molecular complexity index is 733. The summed E-state index contributed by atoms with van der Waals surface area (Å²) >= 11 is 0. The Hall–Kier alpha value is -1.33. The van der Waals surface area contributed by atoms with Gasteiger partial charge in [0.2, 0.25) is 0 Å². The van der Waals surface area contributed by atoms with Crippen molar-refractivity contribution in [3.8, 4) is 11.8 Å². The van der Waals surface area contributed by atoms with Gasteiger partial charge in [-0.15, -0.1) is 5.92 Å². The molecule has 0 spiro atoms. The van der Waals surface area contributed by atoms with E-state index in [-0.39, 0.29) is 16.6 Å². The number of carbonyl (C=O) groups is 1. The molecule has 2 nitrogen and oxygen atoms in total. The molecular formula is C23H30O2. The molecule has 5 atom stereocenters. The van der Waals surface area contributed by atoms with E-state index in [0.717, 1.165) is 44.9 Å². The summed E-state index contributed by atoms with van der Waals surface area (Å²) in [5.74, 6) is 8.06. The van der Waals surface area contributed by atoms with E-state index in [0.29, 0.717) is 18.3 Å². The molecule has 134 valence electrons. The molecule has 1 N–H and O–H groups in total. The lowest BCUT2D eigenvalue weighted by atomic mass is 9.50. The molecular weight excluding hydrogens is 308 g/mol. The predicted molar refractivity (Wildman–Crippen MR) is 99.7 cm³/mol. The first-order valence-electron chi connectivity index (χ1n) is 10.0. The van der Waals surface area contributed by atoms with Crippen LogP contribution in [0.4, 0.5) is 0 Å². The number of hydrogen-bond donors (Lipinski definition) is 1. The summed E-state index contributed by atoms with van der Waals surface area (Å²) in [5.41, 5.74) is 2.01. The van der Waals surface area contributed by atoms with E-state index in [4.69, 9.17) is 0 Å². The van der Waals surface area contributed by atoms with Crippen molar-refractivity contribution in [2.45, 2.75) is 77.7 Å². The van der Waals surface area contributed by atoms with Crippen molar-refractivity contribution in [2.75, 3.05) is 0 Å². The fraction of sp³-hybridized carbons (Fsp3) is 0.696. The number of ketones is 1. The first kappa shape index (κ1) is 17.1. The van der Waals surface area contributed by atoms with Crippen LogP contribution in [0.5, 0.6) is 0 Å². The van der Waals surface area contributed by atoms with Crippen LogP contribution >= 0.6 is 0 Å². The van der Waals surface area contributed by atoms with Crippen LogP contribution in [0.15, 0.2) is 23.3 Å². The molecule has 2 fully saturated rings. The minimum Gasteiger partial charge on any atom is -0.389 e. The van der Waals surface area contributed by atoms with Gasteiger partial charge in [-0.3, -0.25) is 4.79 Å². The number of rotatable bonds is 1. The van der Waals surface area contributed by atoms with Gasteiger partial charge in [-0.05, 0) is 80.9 Å². The van der Waals surface area contributed by atoms with E-state index in [1.807, 2.05) is 13.0 Å². The van der Waals surface area contributed by atoms with Crippen molar-refractivity contribution in [1.29, 1.82) is 0 Å². The van der Waals surface area contributed by atoms with Crippen molar-refractivity contribution in [3.63, 3.8) is 0 Å². The Balaban J connectivity index is 1.82. The second-order valence-corrected chi connectivity index (χ2v) is 8.87. The summed E-state index contributed by atoms with van der Waals surface area (Å²) in [4.78, 5) is 12.0. The fourth-order valence-electron chi connectivity index (χ4n) is 6.66.